The van der Waals surface area contributed by atoms with E-state index >= 15 is 0 Å². The number of aromatic nitrogens is 3. The van der Waals surface area contributed by atoms with Gasteiger partial charge in [-0.25, -0.2) is 9.97 Å². The van der Waals surface area contributed by atoms with Crippen LogP contribution < -0.4 is 0 Å². The van der Waals surface area contributed by atoms with Gasteiger partial charge in [0.05, 0.1) is 11.0 Å². The molecule has 22 heavy (non-hydrogen) atoms. The molecule has 0 amide bonds. The minimum Gasteiger partial charge on any atom is -0.255 e. The van der Waals surface area contributed by atoms with Crippen molar-refractivity contribution in [2.45, 2.75) is 32.4 Å². The lowest BCUT2D eigenvalue weighted by Crippen LogP contribution is -2.12. The van der Waals surface area contributed by atoms with E-state index in [1.807, 2.05) is 6.07 Å². The van der Waals surface area contributed by atoms with Gasteiger partial charge in [-0.1, -0.05) is 26.8 Å². The van der Waals surface area contributed by atoms with E-state index in [0.29, 0.717) is 10.9 Å². The molecule has 0 spiro atoms. The minimum absolute atomic E-state index is 0.0956. The second-order valence-corrected chi connectivity index (χ2v) is 6.19. The Kier molecular flexibility index (Phi) is 3.09. The molecule has 0 bridgehead atoms. The SMILES string of the molecule is CC(C)(C)c1ccnc2c1ccc1nc(C(F)(F)F)ncc12. The number of pyridine rings is 1. The molecule has 0 saturated carbocycles. The third kappa shape index (κ3) is 2.38. The average molecular weight is 305 g/mol. The van der Waals surface area contributed by atoms with Crippen molar-refractivity contribution in [3.05, 3.63) is 42.0 Å². The van der Waals surface area contributed by atoms with E-state index in [1.165, 1.54) is 6.20 Å². The number of halogens is 3. The monoisotopic (exact) mass is 305 g/mol. The number of hydrogen-bond acceptors (Lipinski definition) is 3. The third-order valence-electron chi connectivity index (χ3n) is 3.53. The van der Waals surface area contributed by atoms with Crippen molar-refractivity contribution in [3.8, 4) is 0 Å². The van der Waals surface area contributed by atoms with Crippen molar-refractivity contribution in [3.63, 3.8) is 0 Å². The number of rotatable bonds is 0. The van der Waals surface area contributed by atoms with Gasteiger partial charge in [-0.05, 0) is 23.1 Å². The van der Waals surface area contributed by atoms with E-state index in [1.54, 1.807) is 18.3 Å². The number of hydrogen-bond donors (Lipinski definition) is 0. The van der Waals surface area contributed by atoms with Crippen LogP contribution in [0, 0.1) is 0 Å². The van der Waals surface area contributed by atoms with E-state index in [-0.39, 0.29) is 10.9 Å². The summed E-state index contributed by atoms with van der Waals surface area (Å²) in [6, 6.07) is 5.29. The zero-order valence-electron chi connectivity index (χ0n) is 12.4. The lowest BCUT2D eigenvalue weighted by atomic mass is 9.84. The molecule has 3 rings (SSSR count). The van der Waals surface area contributed by atoms with Gasteiger partial charge in [0.1, 0.15) is 0 Å². The fourth-order valence-electron chi connectivity index (χ4n) is 2.51. The average Bonchev–Trinajstić information content (AvgIpc) is 2.43. The molecule has 0 N–H and O–H groups in total. The first-order chi connectivity index (χ1) is 10.2. The highest BCUT2D eigenvalue weighted by atomic mass is 19.4. The van der Waals surface area contributed by atoms with Gasteiger partial charge in [-0.15, -0.1) is 0 Å². The number of fused-ring (bicyclic) bond motifs is 3. The van der Waals surface area contributed by atoms with Gasteiger partial charge >= 0.3 is 6.18 Å². The van der Waals surface area contributed by atoms with Crippen LogP contribution in [-0.2, 0) is 11.6 Å². The standard InChI is InChI=1S/C16H14F3N3/c1-15(2,3)11-6-7-20-13-9(11)4-5-12-10(13)8-21-14(22-12)16(17,18)19/h4-8H,1-3H3. The van der Waals surface area contributed by atoms with E-state index in [2.05, 4.69) is 35.7 Å². The molecule has 114 valence electrons. The number of nitrogens with zero attached hydrogens (tertiary/aromatic N) is 3. The van der Waals surface area contributed by atoms with Crippen LogP contribution in [0.4, 0.5) is 13.2 Å². The molecule has 1 aromatic carbocycles. The first-order valence-electron chi connectivity index (χ1n) is 6.80. The van der Waals surface area contributed by atoms with Crippen LogP contribution in [0.2, 0.25) is 0 Å². The molecule has 0 fully saturated rings. The van der Waals surface area contributed by atoms with Crippen molar-refractivity contribution >= 4 is 21.8 Å². The molecular weight excluding hydrogens is 291 g/mol. The minimum atomic E-state index is -4.55. The fourth-order valence-corrected chi connectivity index (χ4v) is 2.51. The predicted molar refractivity (Wildman–Crippen MR) is 78.5 cm³/mol. The van der Waals surface area contributed by atoms with Crippen LogP contribution in [0.1, 0.15) is 32.2 Å². The summed E-state index contributed by atoms with van der Waals surface area (Å²) in [6.07, 6.45) is -1.68. The van der Waals surface area contributed by atoms with E-state index < -0.39 is 12.0 Å². The molecule has 2 heterocycles. The Hall–Kier alpha value is -2.24. The van der Waals surface area contributed by atoms with Crippen LogP contribution in [-0.4, -0.2) is 15.0 Å². The Balaban J connectivity index is 2.34. The Morgan fingerprint density at radius 3 is 2.27 bits per heavy atom. The molecule has 6 heteroatoms. The van der Waals surface area contributed by atoms with E-state index in [9.17, 15) is 13.2 Å². The summed E-state index contributed by atoms with van der Waals surface area (Å²) in [5.74, 6) is -1.13. The van der Waals surface area contributed by atoms with Crippen LogP contribution in [0.5, 0.6) is 0 Å². The molecule has 0 saturated heterocycles. The zero-order valence-corrected chi connectivity index (χ0v) is 12.4. The summed E-state index contributed by atoms with van der Waals surface area (Å²) in [7, 11) is 0. The first-order valence-corrected chi connectivity index (χ1v) is 6.80. The Bertz CT molecular complexity index is 864. The molecule has 0 radical (unpaired) electrons. The van der Waals surface area contributed by atoms with Crippen LogP contribution in [0.25, 0.3) is 21.8 Å². The van der Waals surface area contributed by atoms with Crippen molar-refractivity contribution in [1.82, 2.24) is 15.0 Å². The molecule has 0 unspecified atom stereocenters. The second kappa shape index (κ2) is 4.63. The second-order valence-electron chi connectivity index (χ2n) is 6.19. The van der Waals surface area contributed by atoms with Gasteiger partial charge in [-0.2, -0.15) is 13.2 Å². The number of alkyl halides is 3. The predicted octanol–water partition coefficient (Wildman–Crippen LogP) is 4.49. The molecule has 0 aliphatic carbocycles. The smallest absolute Gasteiger partial charge is 0.255 e. The normalized spacial score (nSPS) is 13.0. The van der Waals surface area contributed by atoms with E-state index in [0.717, 1.165) is 10.9 Å². The van der Waals surface area contributed by atoms with Gasteiger partial charge in [-0.3, -0.25) is 4.98 Å². The Morgan fingerprint density at radius 2 is 1.64 bits per heavy atom. The maximum atomic E-state index is 12.7. The lowest BCUT2D eigenvalue weighted by Gasteiger charge is -2.21. The quantitative estimate of drug-likeness (QED) is 0.574. The largest absolute Gasteiger partial charge is 0.451 e. The lowest BCUT2D eigenvalue weighted by molar-refractivity contribution is -0.144. The maximum absolute atomic E-state index is 12.7. The highest BCUT2D eigenvalue weighted by molar-refractivity contribution is 6.04. The van der Waals surface area contributed by atoms with Crippen molar-refractivity contribution in [2.75, 3.05) is 0 Å². The third-order valence-corrected chi connectivity index (χ3v) is 3.53. The Morgan fingerprint density at radius 1 is 0.909 bits per heavy atom. The van der Waals surface area contributed by atoms with Crippen LogP contribution in [0.3, 0.4) is 0 Å². The molecule has 0 atom stereocenters. The highest BCUT2D eigenvalue weighted by Gasteiger charge is 2.34. The summed E-state index contributed by atoms with van der Waals surface area (Å²) in [4.78, 5) is 11.4. The topological polar surface area (TPSA) is 38.7 Å². The van der Waals surface area contributed by atoms with Crippen LogP contribution >= 0.6 is 0 Å². The van der Waals surface area contributed by atoms with Crippen molar-refractivity contribution < 1.29 is 13.2 Å². The van der Waals surface area contributed by atoms with Gasteiger partial charge in [0, 0.05) is 23.2 Å². The Labute approximate surface area is 125 Å². The number of benzene rings is 1. The van der Waals surface area contributed by atoms with Crippen molar-refractivity contribution in [1.29, 1.82) is 0 Å². The highest BCUT2D eigenvalue weighted by Crippen LogP contribution is 2.33. The summed E-state index contributed by atoms with van der Waals surface area (Å²) in [5.41, 5.74) is 1.85. The van der Waals surface area contributed by atoms with Gasteiger partial charge in [0.15, 0.2) is 0 Å². The van der Waals surface area contributed by atoms with Crippen molar-refractivity contribution in [2.24, 2.45) is 0 Å². The van der Waals surface area contributed by atoms with E-state index in [4.69, 9.17) is 0 Å². The molecular formula is C16H14F3N3. The summed E-state index contributed by atoms with van der Waals surface area (Å²) >= 11 is 0. The summed E-state index contributed by atoms with van der Waals surface area (Å²) in [5, 5.41) is 1.43. The molecule has 0 aliphatic rings. The summed E-state index contributed by atoms with van der Waals surface area (Å²) < 4.78 is 38.1. The maximum Gasteiger partial charge on any atom is 0.451 e. The zero-order chi connectivity index (χ0) is 16.1. The van der Waals surface area contributed by atoms with Gasteiger partial charge in [0.25, 0.3) is 0 Å². The van der Waals surface area contributed by atoms with Gasteiger partial charge in [0.2, 0.25) is 5.82 Å². The molecule has 3 nitrogen and oxygen atoms in total. The fraction of sp³-hybridized carbons (Fsp3) is 0.312. The van der Waals surface area contributed by atoms with Crippen LogP contribution in [0.15, 0.2) is 30.6 Å². The molecule has 2 aromatic heterocycles. The summed E-state index contributed by atoms with van der Waals surface area (Å²) in [6.45, 7) is 6.24. The molecule has 3 aromatic rings. The molecule has 0 aliphatic heterocycles. The van der Waals surface area contributed by atoms with Gasteiger partial charge < -0.3 is 0 Å². The first kappa shape index (κ1) is 14.7.